The smallest absolute Gasteiger partial charge is 0.426 e. The topological polar surface area (TPSA) is 139 Å². The normalized spacial score (nSPS) is 14.0. The Labute approximate surface area is 278 Å². The van der Waals surface area contributed by atoms with Crippen LogP contribution in [0.5, 0.6) is 0 Å². The number of benzene rings is 3. The Balaban J connectivity index is 1.46. The second kappa shape index (κ2) is 14.7. The van der Waals surface area contributed by atoms with Gasteiger partial charge in [-0.3, -0.25) is 15.0 Å². The fourth-order valence-corrected chi connectivity index (χ4v) is 5.03. The second-order valence-corrected chi connectivity index (χ2v) is 11.3. The number of ether oxygens (including phenoxy) is 2. The maximum Gasteiger partial charge on any atom is 0.435 e. The highest BCUT2D eigenvalue weighted by atomic mass is 19.4. The zero-order chi connectivity index (χ0) is 35.3. The Morgan fingerprint density at radius 1 is 1.02 bits per heavy atom. The van der Waals surface area contributed by atoms with E-state index in [0.717, 1.165) is 31.9 Å². The monoisotopic (exact) mass is 680 g/mol. The van der Waals surface area contributed by atoms with E-state index in [1.54, 1.807) is 6.07 Å². The second-order valence-electron chi connectivity index (χ2n) is 11.3. The number of hydrogen-bond donors (Lipinski definition) is 3. The molecule has 4 aromatic rings. The Kier molecular flexibility index (Phi) is 10.4. The third kappa shape index (κ3) is 8.67. The molecule has 3 N–H and O–H groups in total. The Morgan fingerprint density at radius 3 is 2.41 bits per heavy atom. The van der Waals surface area contributed by atoms with Crippen molar-refractivity contribution in [3.8, 4) is 5.69 Å². The number of aromatic nitrogens is 2. The maximum atomic E-state index is 15.1. The van der Waals surface area contributed by atoms with Crippen LogP contribution in [0.1, 0.15) is 60.0 Å². The Hall–Kier alpha value is -5.57. The zero-order valence-corrected chi connectivity index (χ0v) is 26.3. The number of alkyl halides is 3. The molecule has 1 saturated carbocycles. The molecule has 1 aliphatic carbocycles. The van der Waals surface area contributed by atoms with Gasteiger partial charge in [0.25, 0.3) is 5.91 Å². The number of halogens is 4. The molecular weight excluding hydrogens is 648 g/mol. The number of nitrogens with zero attached hydrogens (tertiary/aromatic N) is 3. The average molecular weight is 681 g/mol. The largest absolute Gasteiger partial charge is 0.435 e. The van der Waals surface area contributed by atoms with E-state index in [-0.39, 0.29) is 23.1 Å². The average Bonchev–Trinajstić information content (AvgIpc) is 3.76. The summed E-state index contributed by atoms with van der Waals surface area (Å²) in [7, 11) is 0. The summed E-state index contributed by atoms with van der Waals surface area (Å²) in [6, 6.07) is 19.0. The van der Waals surface area contributed by atoms with Gasteiger partial charge in [-0.2, -0.15) is 18.3 Å². The van der Waals surface area contributed by atoms with Crippen LogP contribution in [-0.2, 0) is 20.4 Å². The third-order valence-electron chi connectivity index (χ3n) is 7.52. The van der Waals surface area contributed by atoms with Gasteiger partial charge in [0.1, 0.15) is 11.5 Å². The lowest BCUT2D eigenvalue weighted by Gasteiger charge is -2.21. The van der Waals surface area contributed by atoms with Gasteiger partial charge in [-0.05, 0) is 66.8 Å². The third-order valence-corrected chi connectivity index (χ3v) is 7.52. The van der Waals surface area contributed by atoms with Crippen LogP contribution in [0.15, 0.2) is 78.9 Å². The van der Waals surface area contributed by atoms with Crippen molar-refractivity contribution in [2.45, 2.75) is 45.2 Å². The summed E-state index contributed by atoms with van der Waals surface area (Å²) in [5.41, 5.74) is -0.865. The van der Waals surface area contributed by atoms with Crippen molar-refractivity contribution in [1.29, 1.82) is 5.41 Å². The molecule has 0 bridgehead atoms. The molecule has 1 aromatic heterocycles. The van der Waals surface area contributed by atoms with Crippen molar-refractivity contribution < 1.29 is 41.4 Å². The van der Waals surface area contributed by atoms with Crippen LogP contribution in [0.4, 0.5) is 33.7 Å². The van der Waals surface area contributed by atoms with Crippen molar-refractivity contribution >= 4 is 35.7 Å². The lowest BCUT2D eigenvalue weighted by atomic mass is 9.97. The van der Waals surface area contributed by atoms with E-state index in [9.17, 15) is 27.6 Å². The van der Waals surface area contributed by atoms with Crippen LogP contribution >= 0.6 is 0 Å². The first-order valence-electron chi connectivity index (χ1n) is 15.2. The predicted molar refractivity (Wildman–Crippen MR) is 171 cm³/mol. The lowest BCUT2D eigenvalue weighted by molar-refractivity contribution is -0.161. The number of amides is 2. The molecule has 2 unspecified atom stereocenters. The van der Waals surface area contributed by atoms with Crippen molar-refractivity contribution in [2.75, 3.05) is 16.8 Å². The van der Waals surface area contributed by atoms with Crippen LogP contribution in [0.3, 0.4) is 0 Å². The summed E-state index contributed by atoms with van der Waals surface area (Å²) < 4.78 is 67.2. The highest BCUT2D eigenvalue weighted by Gasteiger charge is 2.36. The molecule has 11 nitrogen and oxygen atoms in total. The minimum absolute atomic E-state index is 0.0488. The molecule has 2 atom stereocenters. The van der Waals surface area contributed by atoms with Crippen molar-refractivity contribution in [1.82, 2.24) is 15.1 Å². The first-order valence-corrected chi connectivity index (χ1v) is 15.2. The van der Waals surface area contributed by atoms with Crippen molar-refractivity contribution in [2.24, 2.45) is 5.92 Å². The summed E-state index contributed by atoms with van der Waals surface area (Å²) in [4.78, 5) is 38.1. The highest BCUT2D eigenvalue weighted by Crippen LogP contribution is 2.33. The first-order chi connectivity index (χ1) is 23.3. The molecule has 15 heteroatoms. The van der Waals surface area contributed by atoms with E-state index in [2.05, 4.69) is 15.7 Å². The lowest BCUT2D eigenvalue weighted by Crippen LogP contribution is -2.33. The van der Waals surface area contributed by atoms with Gasteiger partial charge in [-0.1, -0.05) is 42.5 Å². The van der Waals surface area contributed by atoms with Gasteiger partial charge in [-0.25, -0.2) is 18.8 Å². The number of nitrogens with one attached hydrogen (secondary N) is 3. The van der Waals surface area contributed by atoms with Gasteiger partial charge in [0.15, 0.2) is 5.69 Å². The molecule has 1 heterocycles. The summed E-state index contributed by atoms with van der Waals surface area (Å²) in [5, 5.41) is 17.2. The maximum absolute atomic E-state index is 15.1. The molecule has 0 radical (unpaired) electrons. The summed E-state index contributed by atoms with van der Waals surface area (Å²) in [5.74, 6) is -2.08. The van der Waals surface area contributed by atoms with Crippen LogP contribution < -0.4 is 15.5 Å². The van der Waals surface area contributed by atoms with Crippen LogP contribution in [0, 0.1) is 17.1 Å². The fraction of sp³-hybridized carbons (Fsp3) is 0.265. The van der Waals surface area contributed by atoms with E-state index in [0.29, 0.717) is 33.5 Å². The summed E-state index contributed by atoms with van der Waals surface area (Å²) >= 11 is 0. The molecule has 1 aliphatic rings. The van der Waals surface area contributed by atoms with Crippen molar-refractivity contribution in [3.63, 3.8) is 0 Å². The van der Waals surface area contributed by atoms with E-state index < -0.39 is 47.6 Å². The minimum atomic E-state index is -4.95. The molecule has 3 aromatic carbocycles. The van der Waals surface area contributed by atoms with Gasteiger partial charge < -0.3 is 20.1 Å². The molecule has 5 rings (SSSR count). The molecule has 2 amide bonds. The van der Waals surface area contributed by atoms with Crippen LogP contribution in [0.25, 0.3) is 5.69 Å². The number of carbonyl (C=O) groups is 3. The first kappa shape index (κ1) is 34.8. The zero-order valence-electron chi connectivity index (χ0n) is 26.3. The minimum Gasteiger partial charge on any atom is -0.426 e. The molecule has 1 fully saturated rings. The number of anilines is 2. The van der Waals surface area contributed by atoms with Crippen LogP contribution in [0.2, 0.25) is 0 Å². The molecule has 0 saturated heterocycles. The molecular formula is C34H32F4N6O5. The summed E-state index contributed by atoms with van der Waals surface area (Å²) in [6.45, 7) is 3.11. The molecule has 0 aliphatic heterocycles. The molecule has 256 valence electrons. The number of carbonyl (C=O) groups excluding carboxylic acids is 3. The Bertz CT molecular complexity index is 1840. The highest BCUT2D eigenvalue weighted by molar-refractivity contribution is 6.05. The van der Waals surface area contributed by atoms with Crippen molar-refractivity contribution in [3.05, 3.63) is 107 Å². The standard InChI is InChI=1S/C34H32F4N6O5/c1-20(45)48-21(2)49-33(47)43(19-39)25-9-6-10-26(16-25)44-29(17-30(42-44)34(36,37)38)32(46)41-28-15-24(13-14-27(28)35)31(40-18-22-11-12-22)23-7-4-3-5-8-23/h3-10,13-17,19,21-22,31,39-40H,11-12,18H2,1-2H3,(H,41,46). The van der Waals surface area contributed by atoms with Gasteiger partial charge >= 0.3 is 18.2 Å². The number of esters is 1. The van der Waals surface area contributed by atoms with E-state index in [1.165, 1.54) is 43.3 Å². The summed E-state index contributed by atoms with van der Waals surface area (Å²) in [6.07, 6.45) is -4.59. The fourth-order valence-electron chi connectivity index (χ4n) is 5.03. The van der Waals surface area contributed by atoms with Gasteiger partial charge in [0.05, 0.1) is 29.4 Å². The van der Waals surface area contributed by atoms with E-state index in [4.69, 9.17) is 14.9 Å². The number of rotatable bonds is 12. The Morgan fingerprint density at radius 2 is 1.76 bits per heavy atom. The predicted octanol–water partition coefficient (Wildman–Crippen LogP) is 6.83. The SMILES string of the molecule is CC(=O)OC(C)OC(=O)N(C=N)c1cccc(-n2nc(C(F)(F)F)cc2C(=O)Nc2cc(C(NCC3CC3)c3ccccc3)ccc2F)c1. The van der Waals surface area contributed by atoms with Gasteiger partial charge in [0, 0.05) is 19.9 Å². The van der Waals surface area contributed by atoms with Crippen LogP contribution in [-0.4, -0.2) is 46.9 Å². The van der Waals surface area contributed by atoms with Gasteiger partial charge in [-0.15, -0.1) is 0 Å². The molecule has 0 spiro atoms. The van der Waals surface area contributed by atoms with E-state index >= 15 is 4.39 Å². The quantitative estimate of drug-likeness (QED) is 0.0490. The number of hydrogen-bond acceptors (Lipinski definition) is 8. The van der Waals surface area contributed by atoms with E-state index in [1.807, 2.05) is 30.3 Å². The molecule has 49 heavy (non-hydrogen) atoms. The van der Waals surface area contributed by atoms with Gasteiger partial charge in [0.2, 0.25) is 6.29 Å².